The third-order valence-corrected chi connectivity index (χ3v) is 3.04. The van der Waals surface area contributed by atoms with Gasteiger partial charge in [-0.05, 0) is 24.3 Å². The number of hydrogen-bond donors (Lipinski definition) is 0. The summed E-state index contributed by atoms with van der Waals surface area (Å²) in [5.41, 5.74) is 0. The van der Waals surface area contributed by atoms with Crippen molar-refractivity contribution in [3.8, 4) is 0 Å². The fourth-order valence-corrected chi connectivity index (χ4v) is 1.74. The van der Waals surface area contributed by atoms with Crippen molar-refractivity contribution in [2.45, 2.75) is 4.90 Å². The van der Waals surface area contributed by atoms with E-state index >= 15 is 0 Å². The first-order chi connectivity index (χ1) is 7.13. The SMILES string of the molecule is COC(=O)C(Cl)=CSc1ccc(Cl)cc1. The summed E-state index contributed by atoms with van der Waals surface area (Å²) in [5.74, 6) is -0.543. The number of halogens is 2. The molecule has 2 nitrogen and oxygen atoms in total. The first-order valence-corrected chi connectivity index (χ1v) is 5.63. The highest BCUT2D eigenvalue weighted by atomic mass is 35.5. The van der Waals surface area contributed by atoms with Gasteiger partial charge in [0.1, 0.15) is 5.03 Å². The third kappa shape index (κ3) is 4.16. The average Bonchev–Trinajstić information content (AvgIpc) is 2.26. The van der Waals surface area contributed by atoms with Gasteiger partial charge in [0.15, 0.2) is 0 Å². The second-order valence-electron chi connectivity index (χ2n) is 2.53. The van der Waals surface area contributed by atoms with Crippen molar-refractivity contribution in [3.05, 3.63) is 39.7 Å². The van der Waals surface area contributed by atoms with Crippen LogP contribution in [0.3, 0.4) is 0 Å². The maximum Gasteiger partial charge on any atom is 0.350 e. The lowest BCUT2D eigenvalue weighted by Gasteiger charge is -1.98. The standard InChI is InChI=1S/C10H8Cl2O2S/c1-14-10(13)9(12)6-15-8-4-2-7(11)3-5-8/h2-6H,1H3. The molecule has 0 spiro atoms. The van der Waals surface area contributed by atoms with Gasteiger partial charge in [0.05, 0.1) is 7.11 Å². The number of ether oxygens (including phenoxy) is 1. The van der Waals surface area contributed by atoms with Gasteiger partial charge in [-0.15, -0.1) is 0 Å². The molecule has 0 fully saturated rings. The van der Waals surface area contributed by atoms with Gasteiger partial charge in [0.25, 0.3) is 0 Å². The van der Waals surface area contributed by atoms with Gasteiger partial charge in [-0.2, -0.15) is 0 Å². The Morgan fingerprint density at radius 1 is 1.40 bits per heavy atom. The predicted octanol–water partition coefficient (Wildman–Crippen LogP) is 3.69. The minimum atomic E-state index is -0.543. The molecule has 0 bridgehead atoms. The molecule has 15 heavy (non-hydrogen) atoms. The second kappa shape index (κ2) is 6.05. The number of carbonyl (C=O) groups is 1. The zero-order valence-electron chi connectivity index (χ0n) is 7.87. The van der Waals surface area contributed by atoms with Crippen molar-refractivity contribution in [3.63, 3.8) is 0 Å². The van der Waals surface area contributed by atoms with E-state index < -0.39 is 5.97 Å². The lowest BCUT2D eigenvalue weighted by Crippen LogP contribution is -1.98. The molecule has 0 aliphatic heterocycles. The lowest BCUT2D eigenvalue weighted by atomic mass is 10.4. The van der Waals surface area contributed by atoms with Crippen LogP contribution in [0, 0.1) is 0 Å². The van der Waals surface area contributed by atoms with E-state index in [1.54, 1.807) is 12.1 Å². The quantitative estimate of drug-likeness (QED) is 0.472. The summed E-state index contributed by atoms with van der Waals surface area (Å²) in [6.07, 6.45) is 0. The summed E-state index contributed by atoms with van der Waals surface area (Å²) in [7, 11) is 1.28. The van der Waals surface area contributed by atoms with Crippen LogP contribution < -0.4 is 0 Å². The van der Waals surface area contributed by atoms with E-state index in [-0.39, 0.29) is 5.03 Å². The summed E-state index contributed by atoms with van der Waals surface area (Å²) >= 11 is 12.7. The topological polar surface area (TPSA) is 26.3 Å². The minimum Gasteiger partial charge on any atom is -0.465 e. The van der Waals surface area contributed by atoms with Crippen LogP contribution in [0.25, 0.3) is 0 Å². The Balaban J connectivity index is 2.63. The van der Waals surface area contributed by atoms with E-state index in [1.165, 1.54) is 24.3 Å². The van der Waals surface area contributed by atoms with Gasteiger partial charge in [-0.1, -0.05) is 35.0 Å². The Morgan fingerprint density at radius 3 is 2.53 bits per heavy atom. The highest BCUT2D eigenvalue weighted by Gasteiger charge is 2.05. The number of benzene rings is 1. The van der Waals surface area contributed by atoms with Crippen molar-refractivity contribution in [1.82, 2.24) is 0 Å². The summed E-state index contributed by atoms with van der Waals surface area (Å²) in [5, 5.41) is 2.25. The van der Waals surface area contributed by atoms with E-state index in [0.29, 0.717) is 5.02 Å². The fourth-order valence-electron chi connectivity index (χ4n) is 0.779. The zero-order valence-corrected chi connectivity index (χ0v) is 10.2. The van der Waals surface area contributed by atoms with Crippen molar-refractivity contribution in [2.75, 3.05) is 7.11 Å². The molecule has 1 rings (SSSR count). The number of thioether (sulfide) groups is 1. The molecule has 0 heterocycles. The molecule has 0 aliphatic rings. The van der Waals surface area contributed by atoms with Gasteiger partial charge in [0.2, 0.25) is 0 Å². The van der Waals surface area contributed by atoms with Gasteiger partial charge in [0, 0.05) is 15.3 Å². The second-order valence-corrected chi connectivity index (χ2v) is 4.32. The lowest BCUT2D eigenvalue weighted by molar-refractivity contribution is -0.135. The van der Waals surface area contributed by atoms with Crippen molar-refractivity contribution in [2.24, 2.45) is 0 Å². The first kappa shape index (κ1) is 12.4. The molecular weight excluding hydrogens is 255 g/mol. The molecule has 0 unspecified atom stereocenters. The molecule has 0 amide bonds. The smallest absolute Gasteiger partial charge is 0.350 e. The molecule has 1 aromatic carbocycles. The van der Waals surface area contributed by atoms with Crippen LogP contribution in [-0.4, -0.2) is 13.1 Å². The number of hydrogen-bond acceptors (Lipinski definition) is 3. The van der Waals surface area contributed by atoms with E-state index in [1.807, 2.05) is 12.1 Å². The van der Waals surface area contributed by atoms with Gasteiger partial charge >= 0.3 is 5.97 Å². The highest BCUT2D eigenvalue weighted by Crippen LogP contribution is 2.23. The van der Waals surface area contributed by atoms with Crippen LogP contribution in [0.15, 0.2) is 39.6 Å². The fraction of sp³-hybridized carbons (Fsp3) is 0.100. The summed E-state index contributed by atoms with van der Waals surface area (Å²) in [4.78, 5) is 11.9. The summed E-state index contributed by atoms with van der Waals surface area (Å²) in [6, 6.07) is 7.21. The normalized spacial score (nSPS) is 11.3. The van der Waals surface area contributed by atoms with Crippen LogP contribution in [0.5, 0.6) is 0 Å². The minimum absolute atomic E-state index is 0.0532. The molecule has 0 atom stereocenters. The molecule has 0 radical (unpaired) electrons. The van der Waals surface area contributed by atoms with Crippen molar-refractivity contribution < 1.29 is 9.53 Å². The van der Waals surface area contributed by atoms with Gasteiger partial charge < -0.3 is 4.74 Å². The third-order valence-electron chi connectivity index (χ3n) is 1.49. The monoisotopic (exact) mass is 262 g/mol. The summed E-state index contributed by atoms with van der Waals surface area (Å²) < 4.78 is 4.45. The molecule has 0 aromatic heterocycles. The Morgan fingerprint density at radius 2 is 2.00 bits per heavy atom. The van der Waals surface area contributed by atoms with E-state index in [4.69, 9.17) is 23.2 Å². The molecule has 5 heteroatoms. The number of methoxy groups -OCH3 is 1. The number of carbonyl (C=O) groups excluding carboxylic acids is 1. The highest BCUT2D eigenvalue weighted by molar-refractivity contribution is 8.02. The Hall–Kier alpha value is -0.640. The van der Waals surface area contributed by atoms with E-state index in [2.05, 4.69) is 4.74 Å². The molecule has 0 saturated heterocycles. The predicted molar refractivity (Wildman–Crippen MR) is 63.3 cm³/mol. The Bertz CT molecular complexity index is 374. The Labute approximate surface area is 102 Å². The molecule has 0 aliphatic carbocycles. The largest absolute Gasteiger partial charge is 0.465 e. The van der Waals surface area contributed by atoms with E-state index in [9.17, 15) is 4.79 Å². The van der Waals surface area contributed by atoms with E-state index in [0.717, 1.165) is 4.90 Å². The summed E-state index contributed by atoms with van der Waals surface area (Å²) in [6.45, 7) is 0. The molecule has 1 aromatic rings. The van der Waals surface area contributed by atoms with Crippen LogP contribution >= 0.6 is 35.0 Å². The van der Waals surface area contributed by atoms with Crippen LogP contribution in [0.2, 0.25) is 5.02 Å². The van der Waals surface area contributed by atoms with Crippen LogP contribution in [0.1, 0.15) is 0 Å². The van der Waals surface area contributed by atoms with Gasteiger partial charge in [-0.3, -0.25) is 0 Å². The van der Waals surface area contributed by atoms with Crippen molar-refractivity contribution in [1.29, 1.82) is 0 Å². The molecule has 0 saturated carbocycles. The number of rotatable bonds is 3. The zero-order chi connectivity index (χ0) is 11.3. The molecule has 0 N–H and O–H groups in total. The molecular formula is C10H8Cl2O2S. The number of esters is 1. The first-order valence-electron chi connectivity index (χ1n) is 3.99. The van der Waals surface area contributed by atoms with Gasteiger partial charge in [-0.25, -0.2) is 4.79 Å². The molecule has 80 valence electrons. The van der Waals surface area contributed by atoms with Crippen molar-refractivity contribution >= 4 is 40.9 Å². The van der Waals surface area contributed by atoms with Crippen LogP contribution in [0.4, 0.5) is 0 Å². The van der Waals surface area contributed by atoms with Crippen LogP contribution in [-0.2, 0) is 9.53 Å². The maximum atomic E-state index is 10.9. The maximum absolute atomic E-state index is 10.9. The average molecular weight is 263 g/mol. The Kier molecular flexibility index (Phi) is 5.02.